The highest BCUT2D eigenvalue weighted by Gasteiger charge is 1.99. The molecular weight excluding hydrogens is 218 g/mol. The van der Waals surface area contributed by atoms with Gasteiger partial charge in [-0.1, -0.05) is 23.4 Å². The van der Waals surface area contributed by atoms with Gasteiger partial charge in [-0.05, 0) is 19.1 Å². The Morgan fingerprint density at radius 3 is 2.71 bits per heavy atom. The lowest BCUT2D eigenvalue weighted by atomic mass is 10.3. The summed E-state index contributed by atoms with van der Waals surface area (Å²) in [6.45, 7) is 3.37. The number of para-hydroxylation sites is 1. The number of nitrogens with zero attached hydrogens (tertiary/aromatic N) is 1. The van der Waals surface area contributed by atoms with E-state index in [0.29, 0.717) is 19.8 Å². The van der Waals surface area contributed by atoms with Gasteiger partial charge in [-0.25, -0.2) is 0 Å². The Kier molecular flexibility index (Phi) is 4.16. The molecule has 0 saturated heterocycles. The maximum atomic E-state index is 5.48. The smallest absolute Gasteiger partial charge is 0.134 e. The Labute approximate surface area is 100 Å². The van der Waals surface area contributed by atoms with E-state index in [9.17, 15) is 0 Å². The molecule has 0 saturated carbocycles. The molecule has 2 rings (SSSR count). The van der Waals surface area contributed by atoms with E-state index >= 15 is 0 Å². The second-order valence-electron chi connectivity index (χ2n) is 3.64. The number of aryl methyl sites for hydroxylation is 1. The van der Waals surface area contributed by atoms with Crippen molar-refractivity contribution in [3.8, 4) is 5.75 Å². The van der Waals surface area contributed by atoms with Crippen molar-refractivity contribution >= 4 is 0 Å². The first-order chi connectivity index (χ1) is 8.34. The van der Waals surface area contributed by atoms with Crippen molar-refractivity contribution in [3.05, 3.63) is 47.9 Å². The second-order valence-corrected chi connectivity index (χ2v) is 3.64. The minimum atomic E-state index is 0.454. The molecule has 0 aliphatic carbocycles. The summed E-state index contributed by atoms with van der Waals surface area (Å²) in [4.78, 5) is 0. The summed E-state index contributed by atoms with van der Waals surface area (Å²) in [7, 11) is 0. The molecule has 4 nitrogen and oxygen atoms in total. The molecule has 0 radical (unpaired) electrons. The highest BCUT2D eigenvalue weighted by atomic mass is 16.5. The van der Waals surface area contributed by atoms with Crippen molar-refractivity contribution in [2.75, 3.05) is 13.2 Å². The zero-order chi connectivity index (χ0) is 11.9. The van der Waals surface area contributed by atoms with Crippen LogP contribution in [0.25, 0.3) is 0 Å². The molecule has 0 aliphatic rings. The van der Waals surface area contributed by atoms with Crippen LogP contribution in [0.2, 0.25) is 0 Å². The lowest BCUT2D eigenvalue weighted by Crippen LogP contribution is -2.06. The third-order valence-corrected chi connectivity index (χ3v) is 2.17. The van der Waals surface area contributed by atoms with Crippen molar-refractivity contribution < 1.29 is 14.0 Å². The van der Waals surface area contributed by atoms with Gasteiger partial charge in [0, 0.05) is 6.07 Å². The Bertz CT molecular complexity index is 439. The van der Waals surface area contributed by atoms with Gasteiger partial charge in [0.05, 0.1) is 13.2 Å². The van der Waals surface area contributed by atoms with Gasteiger partial charge in [-0.2, -0.15) is 0 Å². The Balaban J connectivity index is 1.61. The molecule has 1 aromatic carbocycles. The number of rotatable bonds is 6. The fourth-order valence-corrected chi connectivity index (χ4v) is 1.40. The second kappa shape index (κ2) is 6.06. The van der Waals surface area contributed by atoms with Gasteiger partial charge in [0.1, 0.15) is 23.8 Å². The fourth-order valence-electron chi connectivity index (χ4n) is 1.40. The molecule has 2 aromatic rings. The quantitative estimate of drug-likeness (QED) is 0.719. The molecule has 0 unspecified atom stereocenters. The van der Waals surface area contributed by atoms with Crippen LogP contribution in [0.3, 0.4) is 0 Å². The molecule has 0 spiro atoms. The standard InChI is InChI=1S/C13H15NO3/c1-11-9-12(14-17-11)10-15-7-8-16-13-5-3-2-4-6-13/h2-6,9H,7-8,10H2,1H3. The molecule has 0 fully saturated rings. The van der Waals surface area contributed by atoms with Crippen molar-refractivity contribution in [2.24, 2.45) is 0 Å². The SMILES string of the molecule is Cc1cc(COCCOc2ccccc2)no1. The van der Waals surface area contributed by atoms with Crippen LogP contribution in [0.15, 0.2) is 40.9 Å². The highest BCUT2D eigenvalue weighted by Crippen LogP contribution is 2.08. The normalized spacial score (nSPS) is 10.4. The van der Waals surface area contributed by atoms with Gasteiger partial charge in [0.15, 0.2) is 0 Å². The van der Waals surface area contributed by atoms with E-state index in [0.717, 1.165) is 17.2 Å². The van der Waals surface area contributed by atoms with Crippen molar-refractivity contribution in [3.63, 3.8) is 0 Å². The van der Waals surface area contributed by atoms with Crippen LogP contribution < -0.4 is 4.74 Å². The lowest BCUT2D eigenvalue weighted by molar-refractivity contribution is 0.0852. The van der Waals surface area contributed by atoms with E-state index in [4.69, 9.17) is 14.0 Å². The zero-order valence-corrected chi connectivity index (χ0v) is 9.76. The van der Waals surface area contributed by atoms with Gasteiger partial charge in [-0.3, -0.25) is 0 Å². The predicted molar refractivity (Wildman–Crippen MR) is 62.8 cm³/mol. The fraction of sp³-hybridized carbons (Fsp3) is 0.308. The summed E-state index contributed by atoms with van der Waals surface area (Å²) in [6, 6.07) is 11.5. The van der Waals surface area contributed by atoms with Gasteiger partial charge < -0.3 is 14.0 Å². The Hall–Kier alpha value is -1.81. The van der Waals surface area contributed by atoms with Crippen molar-refractivity contribution in [1.82, 2.24) is 5.16 Å². The summed E-state index contributed by atoms with van der Waals surface area (Å²) in [5, 5.41) is 3.83. The van der Waals surface area contributed by atoms with Crippen LogP contribution in [-0.4, -0.2) is 18.4 Å². The maximum absolute atomic E-state index is 5.48. The average molecular weight is 233 g/mol. The van der Waals surface area contributed by atoms with E-state index in [1.807, 2.05) is 43.3 Å². The number of hydrogen-bond donors (Lipinski definition) is 0. The van der Waals surface area contributed by atoms with Crippen LogP contribution in [-0.2, 0) is 11.3 Å². The monoisotopic (exact) mass is 233 g/mol. The molecule has 17 heavy (non-hydrogen) atoms. The van der Waals surface area contributed by atoms with Gasteiger partial charge in [0.25, 0.3) is 0 Å². The molecule has 1 aromatic heterocycles. The molecule has 1 heterocycles. The third kappa shape index (κ3) is 3.92. The van der Waals surface area contributed by atoms with E-state index < -0.39 is 0 Å². The Morgan fingerprint density at radius 1 is 1.18 bits per heavy atom. The van der Waals surface area contributed by atoms with Gasteiger partial charge in [0.2, 0.25) is 0 Å². The molecule has 4 heteroatoms. The number of aromatic nitrogens is 1. The van der Waals surface area contributed by atoms with Crippen LogP contribution in [0.1, 0.15) is 11.5 Å². The van der Waals surface area contributed by atoms with Gasteiger partial charge in [-0.15, -0.1) is 0 Å². The summed E-state index contributed by atoms with van der Waals surface area (Å²) in [6.07, 6.45) is 0. The minimum absolute atomic E-state index is 0.454. The van der Waals surface area contributed by atoms with Gasteiger partial charge >= 0.3 is 0 Å². The molecule has 0 atom stereocenters. The predicted octanol–water partition coefficient (Wildman–Crippen LogP) is 2.58. The first-order valence-electron chi connectivity index (χ1n) is 5.52. The first-order valence-corrected chi connectivity index (χ1v) is 5.52. The van der Waals surface area contributed by atoms with Crippen LogP contribution in [0.5, 0.6) is 5.75 Å². The Morgan fingerprint density at radius 2 is 2.00 bits per heavy atom. The topological polar surface area (TPSA) is 44.5 Å². The molecule has 0 amide bonds. The number of ether oxygens (including phenoxy) is 2. The van der Waals surface area contributed by atoms with Crippen LogP contribution >= 0.6 is 0 Å². The van der Waals surface area contributed by atoms with Crippen LogP contribution in [0.4, 0.5) is 0 Å². The molecule has 90 valence electrons. The minimum Gasteiger partial charge on any atom is -0.491 e. The largest absolute Gasteiger partial charge is 0.491 e. The average Bonchev–Trinajstić information content (AvgIpc) is 2.76. The highest BCUT2D eigenvalue weighted by molar-refractivity contribution is 5.20. The van der Waals surface area contributed by atoms with Crippen molar-refractivity contribution in [2.45, 2.75) is 13.5 Å². The number of benzene rings is 1. The lowest BCUT2D eigenvalue weighted by Gasteiger charge is -2.05. The molecule has 0 bridgehead atoms. The van der Waals surface area contributed by atoms with E-state index in [-0.39, 0.29) is 0 Å². The molecule has 0 N–H and O–H groups in total. The summed E-state index contributed by atoms with van der Waals surface area (Å²) in [5.41, 5.74) is 0.808. The van der Waals surface area contributed by atoms with Crippen LogP contribution in [0, 0.1) is 6.92 Å². The van der Waals surface area contributed by atoms with Crippen molar-refractivity contribution in [1.29, 1.82) is 0 Å². The summed E-state index contributed by atoms with van der Waals surface area (Å²) in [5.74, 6) is 1.65. The van der Waals surface area contributed by atoms with E-state index in [1.54, 1.807) is 0 Å². The summed E-state index contributed by atoms with van der Waals surface area (Å²) < 4.78 is 15.8. The third-order valence-electron chi connectivity index (χ3n) is 2.17. The van der Waals surface area contributed by atoms with E-state index in [2.05, 4.69) is 5.16 Å². The zero-order valence-electron chi connectivity index (χ0n) is 9.76. The molecular formula is C13H15NO3. The maximum Gasteiger partial charge on any atom is 0.134 e. The molecule has 0 aliphatic heterocycles. The summed E-state index contributed by atoms with van der Waals surface area (Å²) >= 11 is 0. The number of hydrogen-bond acceptors (Lipinski definition) is 4. The first kappa shape index (κ1) is 11.7. The van der Waals surface area contributed by atoms with E-state index in [1.165, 1.54) is 0 Å².